The van der Waals surface area contributed by atoms with Crippen LogP contribution in [0, 0.1) is 0 Å². The van der Waals surface area contributed by atoms with Gasteiger partial charge in [0.25, 0.3) is 0 Å². The van der Waals surface area contributed by atoms with Crippen molar-refractivity contribution in [3.8, 4) is 0 Å². The van der Waals surface area contributed by atoms with Gasteiger partial charge in [-0.3, -0.25) is 0 Å². The molecule has 0 aromatic carbocycles. The Hall–Kier alpha value is -0.640. The van der Waals surface area contributed by atoms with Crippen molar-refractivity contribution in [1.82, 2.24) is 0 Å². The van der Waals surface area contributed by atoms with Gasteiger partial charge in [0.05, 0.1) is 26.4 Å². The van der Waals surface area contributed by atoms with Crippen molar-refractivity contribution in [1.29, 1.82) is 0 Å². The zero-order valence-corrected chi connectivity index (χ0v) is 8.61. The lowest BCUT2D eigenvalue weighted by Gasteiger charge is -2.24. The van der Waals surface area contributed by atoms with Gasteiger partial charge in [-0.1, -0.05) is 19.1 Å². The maximum atomic E-state index is 8.49. The second kappa shape index (κ2) is 5.96. The van der Waals surface area contributed by atoms with E-state index in [9.17, 15) is 0 Å². The van der Waals surface area contributed by atoms with E-state index in [4.69, 9.17) is 14.6 Å². The molecule has 0 heterocycles. The summed E-state index contributed by atoms with van der Waals surface area (Å²) in [5, 5.41) is 8.49. The van der Waals surface area contributed by atoms with E-state index in [1.54, 1.807) is 0 Å². The molecule has 0 aromatic heterocycles. The summed E-state index contributed by atoms with van der Waals surface area (Å²) >= 11 is 0. The van der Waals surface area contributed by atoms with E-state index >= 15 is 0 Å². The summed E-state index contributed by atoms with van der Waals surface area (Å²) < 4.78 is 10.8. The minimum atomic E-state index is -0.220. The molecule has 0 unspecified atom stereocenters. The maximum absolute atomic E-state index is 8.49. The number of rotatable bonds is 7. The molecule has 0 atom stereocenters. The molecule has 0 saturated heterocycles. The molecule has 3 heteroatoms. The Bertz CT molecular complexity index is 197. The number of aliphatic hydroxyl groups is 1. The average Bonchev–Trinajstić information content (AvgIpc) is 2.67. The molecule has 0 spiro atoms. The van der Waals surface area contributed by atoms with Crippen molar-refractivity contribution < 1.29 is 14.6 Å². The van der Waals surface area contributed by atoms with Gasteiger partial charge < -0.3 is 14.6 Å². The lowest BCUT2D eigenvalue weighted by Crippen LogP contribution is -2.27. The number of hydrogen-bond acceptors (Lipinski definition) is 3. The van der Waals surface area contributed by atoms with Crippen LogP contribution in [0.4, 0.5) is 0 Å². The molecule has 0 radical (unpaired) electrons. The largest absolute Gasteiger partial charge is 0.394 e. The predicted octanol–water partition coefficient (Wildman–Crippen LogP) is 1.29. The number of aliphatic hydroxyl groups excluding tert-OH is 1. The van der Waals surface area contributed by atoms with Crippen molar-refractivity contribution in [2.75, 3.05) is 26.4 Å². The van der Waals surface area contributed by atoms with Crippen LogP contribution in [0.3, 0.4) is 0 Å². The normalized spacial score (nSPS) is 17.9. The van der Waals surface area contributed by atoms with Crippen LogP contribution in [0.25, 0.3) is 0 Å². The Morgan fingerprint density at radius 1 is 1.14 bits per heavy atom. The van der Waals surface area contributed by atoms with E-state index in [2.05, 4.69) is 19.1 Å². The first-order valence-corrected chi connectivity index (χ1v) is 5.02. The smallest absolute Gasteiger partial charge is 0.105 e. The lowest BCUT2D eigenvalue weighted by molar-refractivity contribution is -0.0187. The summed E-state index contributed by atoms with van der Waals surface area (Å²) in [6, 6.07) is 0. The summed E-state index contributed by atoms with van der Waals surface area (Å²) in [5.74, 6) is 0. The highest BCUT2D eigenvalue weighted by atomic mass is 16.5. The Morgan fingerprint density at radius 2 is 1.86 bits per heavy atom. The second-order valence-corrected chi connectivity index (χ2v) is 3.21. The maximum Gasteiger partial charge on any atom is 0.105 e. The van der Waals surface area contributed by atoms with E-state index in [0.29, 0.717) is 19.8 Å². The molecule has 80 valence electrons. The van der Waals surface area contributed by atoms with E-state index in [1.165, 1.54) is 0 Å². The van der Waals surface area contributed by atoms with Crippen LogP contribution in [-0.4, -0.2) is 37.1 Å². The highest BCUT2D eigenvalue weighted by Crippen LogP contribution is 2.23. The number of hydrogen-bond donors (Lipinski definition) is 1. The molecule has 1 rings (SSSR count). The molecule has 1 aliphatic rings. The summed E-state index contributed by atoms with van der Waals surface area (Å²) in [5.41, 5.74) is -0.220. The Morgan fingerprint density at radius 3 is 2.43 bits per heavy atom. The molecule has 1 N–H and O–H groups in total. The van der Waals surface area contributed by atoms with Crippen molar-refractivity contribution in [3.63, 3.8) is 0 Å². The van der Waals surface area contributed by atoms with Crippen molar-refractivity contribution in [2.45, 2.75) is 18.9 Å². The van der Waals surface area contributed by atoms with Crippen LogP contribution < -0.4 is 0 Å². The molecule has 0 saturated carbocycles. The molecule has 0 aliphatic heterocycles. The van der Waals surface area contributed by atoms with Crippen LogP contribution in [0.2, 0.25) is 0 Å². The Labute approximate surface area is 85.0 Å². The molecule has 0 fully saturated rings. The van der Waals surface area contributed by atoms with Gasteiger partial charge in [-0.25, -0.2) is 0 Å². The molecule has 0 amide bonds. The van der Waals surface area contributed by atoms with E-state index < -0.39 is 0 Å². The Kier molecular flexibility index (Phi) is 4.87. The van der Waals surface area contributed by atoms with Gasteiger partial charge in [0.2, 0.25) is 0 Å². The van der Waals surface area contributed by atoms with E-state index in [0.717, 1.165) is 6.42 Å². The topological polar surface area (TPSA) is 38.7 Å². The minimum absolute atomic E-state index is 0.0682. The molecule has 3 nitrogen and oxygen atoms in total. The van der Waals surface area contributed by atoms with Crippen LogP contribution in [0.5, 0.6) is 0 Å². The minimum Gasteiger partial charge on any atom is -0.394 e. The zero-order valence-electron chi connectivity index (χ0n) is 8.61. The van der Waals surface area contributed by atoms with Crippen molar-refractivity contribution in [2.24, 2.45) is 0 Å². The molecule has 1 aliphatic carbocycles. The van der Waals surface area contributed by atoms with Crippen LogP contribution in [0.1, 0.15) is 13.3 Å². The fourth-order valence-corrected chi connectivity index (χ4v) is 1.38. The van der Waals surface area contributed by atoms with Crippen molar-refractivity contribution >= 4 is 0 Å². The quantitative estimate of drug-likeness (QED) is 0.626. The van der Waals surface area contributed by atoms with Gasteiger partial charge >= 0.3 is 0 Å². The van der Waals surface area contributed by atoms with Gasteiger partial charge in [0.15, 0.2) is 0 Å². The summed E-state index contributed by atoms with van der Waals surface area (Å²) in [6.07, 6.45) is 9.04. The molecular formula is C11H18O3. The molecule has 14 heavy (non-hydrogen) atoms. The molecule has 0 aromatic rings. The molecule has 0 bridgehead atoms. The van der Waals surface area contributed by atoms with E-state index in [-0.39, 0.29) is 12.2 Å². The third-order valence-electron chi connectivity index (χ3n) is 2.25. The highest BCUT2D eigenvalue weighted by molar-refractivity contribution is 5.27. The third-order valence-corrected chi connectivity index (χ3v) is 2.25. The zero-order chi connectivity index (χ0) is 10.3. The first-order valence-electron chi connectivity index (χ1n) is 5.02. The van der Waals surface area contributed by atoms with Gasteiger partial charge in [0, 0.05) is 0 Å². The number of allylic oxidation sites excluding steroid dienone is 2. The highest BCUT2D eigenvalue weighted by Gasteiger charge is 2.23. The average molecular weight is 198 g/mol. The SMILES string of the molecule is CCC1(OCCOCCO)C=CC=C1. The molecular weight excluding hydrogens is 180 g/mol. The lowest BCUT2D eigenvalue weighted by atomic mass is 10.0. The fraction of sp³-hybridized carbons (Fsp3) is 0.636. The van der Waals surface area contributed by atoms with E-state index in [1.807, 2.05) is 12.2 Å². The van der Waals surface area contributed by atoms with Gasteiger partial charge in [0.1, 0.15) is 5.60 Å². The van der Waals surface area contributed by atoms with Crippen molar-refractivity contribution in [3.05, 3.63) is 24.3 Å². The monoisotopic (exact) mass is 198 g/mol. The standard InChI is InChI=1S/C11H18O3/c1-2-11(5-3-4-6-11)14-10-9-13-8-7-12/h3-6,12H,2,7-10H2,1H3. The third kappa shape index (κ3) is 3.25. The predicted molar refractivity (Wildman–Crippen MR) is 55.2 cm³/mol. The first-order chi connectivity index (χ1) is 6.83. The summed E-state index contributed by atoms with van der Waals surface area (Å²) in [4.78, 5) is 0. The Balaban J connectivity index is 2.16. The van der Waals surface area contributed by atoms with Gasteiger partial charge in [-0.05, 0) is 18.6 Å². The second-order valence-electron chi connectivity index (χ2n) is 3.21. The first kappa shape index (κ1) is 11.4. The van der Waals surface area contributed by atoms with Crippen LogP contribution >= 0.6 is 0 Å². The summed E-state index contributed by atoms with van der Waals surface area (Å²) in [7, 11) is 0. The van der Waals surface area contributed by atoms with Gasteiger partial charge in [-0.15, -0.1) is 0 Å². The number of ether oxygens (including phenoxy) is 2. The van der Waals surface area contributed by atoms with Crippen LogP contribution in [-0.2, 0) is 9.47 Å². The fourth-order valence-electron chi connectivity index (χ4n) is 1.38. The summed E-state index contributed by atoms with van der Waals surface area (Å²) in [6.45, 7) is 3.63. The van der Waals surface area contributed by atoms with Gasteiger partial charge in [-0.2, -0.15) is 0 Å². The van der Waals surface area contributed by atoms with Crippen LogP contribution in [0.15, 0.2) is 24.3 Å².